The van der Waals surface area contributed by atoms with Crippen molar-refractivity contribution in [1.29, 1.82) is 0 Å². The molecular formula is C38H68N10O10. The van der Waals surface area contributed by atoms with Crippen molar-refractivity contribution in [3.63, 3.8) is 0 Å². The third-order valence-electron chi connectivity index (χ3n) is 8.79. The smallest absolute Gasteiger partial charge is 0.324 e. The van der Waals surface area contributed by atoms with Gasteiger partial charge in [0.1, 0.15) is 0 Å². The summed E-state index contributed by atoms with van der Waals surface area (Å²) in [6.07, 6.45) is 2.22. The molecule has 5 N–H and O–H groups in total. The molecule has 0 saturated heterocycles. The molecule has 0 aromatic carbocycles. The number of nitrogens with zero attached hydrogens (tertiary/aromatic N) is 5. The van der Waals surface area contributed by atoms with Crippen molar-refractivity contribution in [2.45, 2.75) is 119 Å². The lowest BCUT2D eigenvalue weighted by Crippen LogP contribution is -2.47. The van der Waals surface area contributed by atoms with E-state index in [0.29, 0.717) is 38.6 Å². The van der Waals surface area contributed by atoms with Gasteiger partial charge in [0.05, 0.1) is 0 Å². The molecule has 15 amide bonds. The number of carbonyl (C=O) groups excluding carboxylic acids is 10. The van der Waals surface area contributed by atoms with Gasteiger partial charge in [-0.25, -0.2) is 24.0 Å². The van der Waals surface area contributed by atoms with Crippen LogP contribution in [0.25, 0.3) is 0 Å². The number of unbranched alkanes of at least 4 members (excludes halogenated alkanes) is 3. The predicted octanol–water partition coefficient (Wildman–Crippen LogP) is 3.11. The number of urea groups is 5. The highest BCUT2D eigenvalue weighted by molar-refractivity contribution is 5.99. The van der Waals surface area contributed by atoms with E-state index in [0.717, 1.165) is 24.5 Å². The molecule has 0 atom stereocenters. The van der Waals surface area contributed by atoms with Gasteiger partial charge in [-0.3, -0.25) is 48.5 Å². The largest absolute Gasteiger partial charge is 0.338 e. The summed E-state index contributed by atoms with van der Waals surface area (Å²) in [6.45, 7) is 13.5. The summed E-state index contributed by atoms with van der Waals surface area (Å²) in [6, 6.07) is -2.88. The van der Waals surface area contributed by atoms with Gasteiger partial charge in [-0.05, 0) is 66.2 Å². The first kappa shape index (κ1) is 52.7. The number of rotatable bonds is 25. The lowest BCUT2D eigenvalue weighted by molar-refractivity contribution is -0.134. The van der Waals surface area contributed by atoms with Crippen LogP contribution >= 0.6 is 0 Å². The van der Waals surface area contributed by atoms with E-state index in [1.807, 2.05) is 0 Å². The lowest BCUT2D eigenvalue weighted by atomic mass is 10.2. The molecule has 58 heavy (non-hydrogen) atoms. The van der Waals surface area contributed by atoms with Gasteiger partial charge >= 0.3 is 30.2 Å². The zero-order valence-electron chi connectivity index (χ0n) is 35.7. The van der Waals surface area contributed by atoms with Crippen molar-refractivity contribution in [2.75, 3.05) is 65.4 Å². The zero-order valence-corrected chi connectivity index (χ0v) is 35.7. The molecule has 0 bridgehead atoms. The maximum atomic E-state index is 13.4. The Balaban J connectivity index is 5.30. The van der Waals surface area contributed by atoms with E-state index in [2.05, 4.69) is 26.6 Å². The molecule has 0 aliphatic heterocycles. The third kappa shape index (κ3) is 19.7. The molecule has 0 unspecified atom stereocenters. The van der Waals surface area contributed by atoms with Gasteiger partial charge in [0.2, 0.25) is 29.5 Å². The van der Waals surface area contributed by atoms with Crippen LogP contribution in [0.1, 0.15) is 119 Å². The average molecular weight is 825 g/mol. The molecule has 0 aliphatic carbocycles. The topological polar surface area (TPSA) is 247 Å². The Bertz CT molecular complexity index is 1380. The third-order valence-corrected chi connectivity index (χ3v) is 8.79. The first-order valence-electron chi connectivity index (χ1n) is 20.6. The predicted molar refractivity (Wildman–Crippen MR) is 216 cm³/mol. The SMILES string of the molecule is CCNC(=O)N(CCCCN(C(=O)CCC(=O)N(CC)C(=O)NCCCCNC(=O)N(CC)C(=O)CC)C(=O)NCCCCNC(=O)N(CC)C(=O)CC)C(=O)CC. The van der Waals surface area contributed by atoms with Crippen LogP contribution in [0.3, 0.4) is 0 Å². The molecule has 0 radical (unpaired) electrons. The summed E-state index contributed by atoms with van der Waals surface area (Å²) < 4.78 is 0. The Labute approximate surface area is 342 Å². The van der Waals surface area contributed by atoms with Crippen molar-refractivity contribution >= 4 is 59.7 Å². The van der Waals surface area contributed by atoms with Gasteiger partial charge in [-0.2, -0.15) is 0 Å². The Morgan fingerprint density at radius 2 is 0.586 bits per heavy atom. The van der Waals surface area contributed by atoms with Crippen LogP contribution in [0, 0.1) is 0 Å². The number of hydrogen-bond acceptors (Lipinski definition) is 10. The molecule has 0 saturated carbocycles. The minimum atomic E-state index is -0.710. The fourth-order valence-electron chi connectivity index (χ4n) is 5.48. The second-order valence-electron chi connectivity index (χ2n) is 12.9. The maximum Gasteiger partial charge on any atom is 0.324 e. The Morgan fingerprint density at radius 3 is 0.897 bits per heavy atom. The number of nitrogens with one attached hydrogen (secondary N) is 5. The maximum absolute atomic E-state index is 13.4. The van der Waals surface area contributed by atoms with Crippen molar-refractivity contribution in [1.82, 2.24) is 51.1 Å². The van der Waals surface area contributed by atoms with E-state index >= 15 is 0 Å². The molecule has 0 fully saturated rings. The first-order chi connectivity index (χ1) is 27.7. The van der Waals surface area contributed by atoms with Gasteiger partial charge in [0.25, 0.3) is 0 Å². The molecule has 0 heterocycles. The van der Waals surface area contributed by atoms with Gasteiger partial charge in [-0.1, -0.05) is 20.8 Å². The summed E-state index contributed by atoms with van der Waals surface area (Å²) in [5, 5.41) is 13.3. The average Bonchev–Trinajstić information content (AvgIpc) is 3.20. The van der Waals surface area contributed by atoms with Crippen LogP contribution in [0.4, 0.5) is 24.0 Å². The highest BCUT2D eigenvalue weighted by Gasteiger charge is 2.26. The molecule has 20 nitrogen and oxygen atoms in total. The molecule has 20 heteroatoms. The van der Waals surface area contributed by atoms with E-state index in [1.54, 1.807) is 48.5 Å². The molecule has 0 aromatic rings. The first-order valence-corrected chi connectivity index (χ1v) is 20.6. The monoisotopic (exact) mass is 825 g/mol. The molecule has 0 spiro atoms. The van der Waals surface area contributed by atoms with E-state index in [9.17, 15) is 47.9 Å². The van der Waals surface area contributed by atoms with Gasteiger partial charge in [-0.15, -0.1) is 0 Å². The minimum absolute atomic E-state index is 0.0296. The number of amides is 15. The van der Waals surface area contributed by atoms with Crippen molar-refractivity contribution < 1.29 is 47.9 Å². The summed E-state index contributed by atoms with van der Waals surface area (Å²) in [7, 11) is 0. The molecular weight excluding hydrogens is 756 g/mol. The van der Waals surface area contributed by atoms with Crippen molar-refractivity contribution in [3.8, 4) is 0 Å². The molecule has 0 aromatic heterocycles. The standard InChI is InChI=1S/C38H68N10O10/c1-8-29(49)44(12-5)35(55)40-23-15-16-25-42-37(57)46(14-7)32(52)21-22-33(53)48(28-20-19-27-47(31(51)10-3)34(54)39-11-4)38(58)43-26-18-17-24-41-36(56)45(13-6)30(50)9-2/h8-28H2,1-7H3,(H,39,54)(H,40,55)(H,41,56)(H,42,57)(H,43,58). The second-order valence-corrected chi connectivity index (χ2v) is 12.9. The van der Waals surface area contributed by atoms with Gasteiger partial charge in [0.15, 0.2) is 0 Å². The fraction of sp³-hybridized carbons (Fsp3) is 0.737. The normalized spacial score (nSPS) is 10.4. The zero-order chi connectivity index (χ0) is 44.0. The van der Waals surface area contributed by atoms with Crippen LogP contribution < -0.4 is 26.6 Å². The van der Waals surface area contributed by atoms with Gasteiger partial charge in [0, 0.05) is 97.6 Å². The molecule has 0 aliphatic rings. The summed E-state index contributed by atoms with van der Waals surface area (Å²) >= 11 is 0. The Hall–Kier alpha value is -5.30. The van der Waals surface area contributed by atoms with E-state index in [1.165, 1.54) is 0 Å². The number of hydrogen-bond donors (Lipinski definition) is 5. The summed E-state index contributed by atoms with van der Waals surface area (Å²) in [5.74, 6) is -2.24. The van der Waals surface area contributed by atoms with E-state index in [4.69, 9.17) is 0 Å². The Morgan fingerprint density at radius 1 is 0.328 bits per heavy atom. The highest BCUT2D eigenvalue weighted by atomic mass is 16.2. The van der Waals surface area contributed by atoms with Crippen LogP contribution in [0.15, 0.2) is 0 Å². The fourth-order valence-corrected chi connectivity index (χ4v) is 5.48. The van der Waals surface area contributed by atoms with Crippen LogP contribution in [0.2, 0.25) is 0 Å². The van der Waals surface area contributed by atoms with Crippen LogP contribution in [-0.2, 0) is 24.0 Å². The number of carbonyl (C=O) groups is 10. The Kier molecular flexibility index (Phi) is 28.0. The van der Waals surface area contributed by atoms with Crippen LogP contribution in [0.5, 0.6) is 0 Å². The lowest BCUT2D eigenvalue weighted by Gasteiger charge is -2.24. The quantitative estimate of drug-likeness (QED) is 0.0842. The second kappa shape index (κ2) is 30.8. The minimum Gasteiger partial charge on any atom is -0.338 e. The molecule has 330 valence electrons. The summed E-state index contributed by atoms with van der Waals surface area (Å²) in [4.78, 5) is 131. The van der Waals surface area contributed by atoms with Crippen LogP contribution in [-0.4, -0.2) is 150 Å². The molecule has 0 rings (SSSR count). The summed E-state index contributed by atoms with van der Waals surface area (Å²) in [5.41, 5.74) is 0. The number of imide groups is 5. The van der Waals surface area contributed by atoms with E-state index < -0.39 is 42.0 Å². The van der Waals surface area contributed by atoms with E-state index in [-0.39, 0.29) is 115 Å². The van der Waals surface area contributed by atoms with Gasteiger partial charge < -0.3 is 26.6 Å². The van der Waals surface area contributed by atoms with Crippen molar-refractivity contribution in [2.24, 2.45) is 0 Å². The van der Waals surface area contributed by atoms with Crippen molar-refractivity contribution in [3.05, 3.63) is 0 Å². The highest BCUT2D eigenvalue weighted by Crippen LogP contribution is 2.08.